The minimum Gasteiger partial charge on any atom is -0.327 e. The Morgan fingerprint density at radius 2 is 1.72 bits per heavy atom. The Morgan fingerprint density at radius 1 is 1.22 bits per heavy atom. The molecule has 0 fully saturated rings. The van der Waals surface area contributed by atoms with Gasteiger partial charge in [0.1, 0.15) is 0 Å². The summed E-state index contributed by atoms with van der Waals surface area (Å²) in [6.07, 6.45) is 1.14. The quantitative estimate of drug-likeness (QED) is 0.854. The fourth-order valence-electron chi connectivity index (χ4n) is 1.28. The number of hydrogen-bond acceptors (Lipinski definition) is 4. The molecule has 1 aromatic rings. The number of rotatable bonds is 4. The van der Waals surface area contributed by atoms with E-state index in [1.807, 2.05) is 0 Å². The maximum absolute atomic E-state index is 11.7. The number of anilines is 1. The van der Waals surface area contributed by atoms with Gasteiger partial charge in [-0.25, -0.2) is 8.42 Å². The minimum atomic E-state index is -3.21. The molecule has 0 aliphatic carbocycles. The number of hydrogen-bond donors (Lipinski definition) is 2. The molecule has 0 spiro atoms. The number of carbonyl (C=O) groups excluding carboxylic acids is 1. The van der Waals surface area contributed by atoms with Crippen LogP contribution in [0.4, 0.5) is 5.69 Å². The monoisotopic (exact) mass is 270 g/mol. The van der Waals surface area contributed by atoms with E-state index in [1.165, 1.54) is 12.1 Å². The maximum Gasteiger partial charge on any atom is 0.228 e. The fourth-order valence-corrected chi connectivity index (χ4v) is 1.91. The highest BCUT2D eigenvalue weighted by molar-refractivity contribution is 7.90. The van der Waals surface area contributed by atoms with Gasteiger partial charge in [0.2, 0.25) is 5.91 Å². The molecule has 3 N–H and O–H groups in total. The van der Waals surface area contributed by atoms with E-state index in [2.05, 4.69) is 5.32 Å². The molecule has 0 aliphatic rings. The molecule has 0 saturated carbocycles. The number of nitrogens with two attached hydrogens (primary N) is 1. The smallest absolute Gasteiger partial charge is 0.228 e. The summed E-state index contributed by atoms with van der Waals surface area (Å²) in [4.78, 5) is 11.9. The molecule has 2 unspecified atom stereocenters. The van der Waals surface area contributed by atoms with Crippen LogP contribution in [0.25, 0.3) is 0 Å². The van der Waals surface area contributed by atoms with Gasteiger partial charge in [-0.3, -0.25) is 4.79 Å². The third-order valence-electron chi connectivity index (χ3n) is 2.75. The molecule has 1 aromatic carbocycles. The predicted octanol–water partition coefficient (Wildman–Crippen LogP) is 1.01. The van der Waals surface area contributed by atoms with Crippen molar-refractivity contribution in [3.63, 3.8) is 0 Å². The Hall–Kier alpha value is -1.40. The molecule has 1 rings (SSSR count). The normalized spacial score (nSPS) is 14.9. The second kappa shape index (κ2) is 5.49. The molecule has 6 heteroatoms. The van der Waals surface area contributed by atoms with Crippen LogP contribution >= 0.6 is 0 Å². The van der Waals surface area contributed by atoms with Crippen LogP contribution in [0.3, 0.4) is 0 Å². The van der Waals surface area contributed by atoms with Crippen LogP contribution in [0.2, 0.25) is 0 Å². The van der Waals surface area contributed by atoms with E-state index < -0.39 is 9.84 Å². The first-order valence-electron chi connectivity index (χ1n) is 5.58. The number of carbonyl (C=O) groups is 1. The van der Waals surface area contributed by atoms with E-state index in [0.717, 1.165) is 6.26 Å². The van der Waals surface area contributed by atoms with E-state index in [0.29, 0.717) is 5.69 Å². The third-order valence-corrected chi connectivity index (χ3v) is 3.88. The second-order valence-corrected chi connectivity index (χ2v) is 6.45. The van der Waals surface area contributed by atoms with Crippen molar-refractivity contribution in [2.75, 3.05) is 11.6 Å². The topological polar surface area (TPSA) is 89.3 Å². The molecule has 0 bridgehead atoms. The largest absolute Gasteiger partial charge is 0.327 e. The van der Waals surface area contributed by atoms with Crippen molar-refractivity contribution in [3.05, 3.63) is 24.3 Å². The molecule has 0 saturated heterocycles. The van der Waals surface area contributed by atoms with Crippen LogP contribution in [0, 0.1) is 5.92 Å². The molecule has 0 aliphatic heterocycles. The lowest BCUT2D eigenvalue weighted by molar-refractivity contribution is -0.119. The van der Waals surface area contributed by atoms with Crippen molar-refractivity contribution < 1.29 is 13.2 Å². The molecular weight excluding hydrogens is 252 g/mol. The number of amides is 1. The van der Waals surface area contributed by atoms with Crippen LogP contribution in [0.1, 0.15) is 13.8 Å². The Balaban J connectivity index is 2.79. The Bertz CT molecular complexity index is 521. The first-order valence-corrected chi connectivity index (χ1v) is 7.47. The van der Waals surface area contributed by atoms with Gasteiger partial charge in [0.25, 0.3) is 0 Å². The average molecular weight is 270 g/mol. The van der Waals surface area contributed by atoms with Crippen molar-refractivity contribution >= 4 is 21.4 Å². The van der Waals surface area contributed by atoms with Gasteiger partial charge in [-0.2, -0.15) is 0 Å². The molecule has 1 amide bonds. The number of nitrogens with one attached hydrogen (secondary N) is 1. The second-order valence-electron chi connectivity index (χ2n) is 4.43. The SMILES string of the molecule is CC(N)C(C)C(=O)Nc1ccc(S(C)(=O)=O)cc1. The summed E-state index contributed by atoms with van der Waals surface area (Å²) < 4.78 is 22.5. The molecule has 0 heterocycles. The fraction of sp³-hybridized carbons (Fsp3) is 0.417. The standard InChI is InChI=1S/C12H18N2O3S/c1-8(9(2)13)12(15)14-10-4-6-11(7-5-10)18(3,16)17/h4-9H,13H2,1-3H3,(H,14,15). The first-order chi connectivity index (χ1) is 8.21. The Labute approximate surface area is 107 Å². The zero-order valence-electron chi connectivity index (χ0n) is 10.7. The highest BCUT2D eigenvalue weighted by Gasteiger charge is 2.17. The van der Waals surface area contributed by atoms with Gasteiger partial charge >= 0.3 is 0 Å². The van der Waals surface area contributed by atoms with Gasteiger partial charge in [0.15, 0.2) is 9.84 Å². The molecule has 100 valence electrons. The van der Waals surface area contributed by atoms with Gasteiger partial charge in [0, 0.05) is 18.0 Å². The van der Waals surface area contributed by atoms with Crippen molar-refractivity contribution in [3.8, 4) is 0 Å². The molecule has 0 aromatic heterocycles. The highest BCUT2D eigenvalue weighted by Crippen LogP contribution is 2.15. The van der Waals surface area contributed by atoms with Gasteiger partial charge in [-0.1, -0.05) is 6.92 Å². The summed E-state index contributed by atoms with van der Waals surface area (Å²) in [6.45, 7) is 3.50. The van der Waals surface area contributed by atoms with E-state index in [9.17, 15) is 13.2 Å². The zero-order chi connectivity index (χ0) is 13.9. The summed E-state index contributed by atoms with van der Waals surface area (Å²) in [6, 6.07) is 5.80. The summed E-state index contributed by atoms with van der Waals surface area (Å²) in [5.41, 5.74) is 6.19. The van der Waals surface area contributed by atoms with Crippen molar-refractivity contribution in [1.82, 2.24) is 0 Å². The van der Waals surface area contributed by atoms with Crippen LogP contribution in [-0.4, -0.2) is 26.6 Å². The third kappa shape index (κ3) is 3.82. The number of sulfone groups is 1. The van der Waals surface area contributed by atoms with Crippen molar-refractivity contribution in [2.45, 2.75) is 24.8 Å². The minimum absolute atomic E-state index is 0.183. The molecular formula is C12H18N2O3S. The number of benzene rings is 1. The van der Waals surface area contributed by atoms with Crippen LogP contribution < -0.4 is 11.1 Å². The van der Waals surface area contributed by atoms with E-state index in [-0.39, 0.29) is 22.8 Å². The predicted molar refractivity (Wildman–Crippen MR) is 71.0 cm³/mol. The first kappa shape index (κ1) is 14.7. The summed E-state index contributed by atoms with van der Waals surface area (Å²) in [5.74, 6) is -0.489. The van der Waals surface area contributed by atoms with E-state index >= 15 is 0 Å². The van der Waals surface area contributed by atoms with Crippen LogP contribution in [0.5, 0.6) is 0 Å². The maximum atomic E-state index is 11.7. The van der Waals surface area contributed by atoms with Gasteiger partial charge in [-0.05, 0) is 31.2 Å². The van der Waals surface area contributed by atoms with Crippen LogP contribution in [0.15, 0.2) is 29.2 Å². The Kier molecular flexibility index (Phi) is 4.48. The van der Waals surface area contributed by atoms with E-state index in [1.54, 1.807) is 26.0 Å². The van der Waals surface area contributed by atoms with Crippen molar-refractivity contribution in [2.24, 2.45) is 11.7 Å². The lowest BCUT2D eigenvalue weighted by atomic mass is 10.0. The lowest BCUT2D eigenvalue weighted by Gasteiger charge is -2.15. The zero-order valence-corrected chi connectivity index (χ0v) is 11.5. The lowest BCUT2D eigenvalue weighted by Crippen LogP contribution is -2.34. The molecule has 5 nitrogen and oxygen atoms in total. The highest BCUT2D eigenvalue weighted by atomic mass is 32.2. The summed E-state index contributed by atoms with van der Waals surface area (Å²) in [7, 11) is -3.21. The average Bonchev–Trinajstić information content (AvgIpc) is 2.27. The summed E-state index contributed by atoms with van der Waals surface area (Å²) in [5, 5.41) is 2.69. The molecule has 0 radical (unpaired) electrons. The Morgan fingerprint density at radius 3 is 2.11 bits per heavy atom. The summed E-state index contributed by atoms with van der Waals surface area (Å²) >= 11 is 0. The van der Waals surface area contributed by atoms with Gasteiger partial charge < -0.3 is 11.1 Å². The molecule has 18 heavy (non-hydrogen) atoms. The van der Waals surface area contributed by atoms with Crippen LogP contribution in [-0.2, 0) is 14.6 Å². The van der Waals surface area contributed by atoms with Gasteiger partial charge in [-0.15, -0.1) is 0 Å². The van der Waals surface area contributed by atoms with Crippen molar-refractivity contribution in [1.29, 1.82) is 0 Å². The van der Waals surface area contributed by atoms with E-state index in [4.69, 9.17) is 5.73 Å². The molecule has 2 atom stereocenters. The van der Waals surface area contributed by atoms with Gasteiger partial charge in [0.05, 0.1) is 10.8 Å².